The first-order valence-electron chi connectivity index (χ1n) is 24.6. The summed E-state index contributed by atoms with van der Waals surface area (Å²) in [4.78, 5) is 50.2. The lowest BCUT2D eigenvalue weighted by atomic mass is 9.93. The molecular weight excluding hydrogens is 1050 g/mol. The molecule has 18 unspecified atom stereocenters. The monoisotopic (exact) mass is 1120 g/mol. The average Bonchev–Trinajstić information content (AvgIpc) is 4.16. The predicted molar refractivity (Wildman–Crippen MR) is 239 cm³/mol. The van der Waals surface area contributed by atoms with Gasteiger partial charge in [-0.05, 0) is 0 Å². The van der Waals surface area contributed by atoms with Crippen molar-refractivity contribution in [2.75, 3.05) is 33.0 Å². The number of rotatable bonds is 19. The highest BCUT2D eigenvalue weighted by Crippen LogP contribution is 2.38. The van der Waals surface area contributed by atoms with E-state index in [1.807, 2.05) is 0 Å². The van der Waals surface area contributed by atoms with Gasteiger partial charge in [0.05, 0.1) is 39.1 Å². The number of ether oxygens (including phenoxy) is 12. The molecule has 7 aliphatic rings. The second-order valence-electron chi connectivity index (χ2n) is 19.6. The van der Waals surface area contributed by atoms with Gasteiger partial charge in [0.2, 0.25) is 23.6 Å². The molecular formula is C43H71N5O29. The van der Waals surface area contributed by atoms with E-state index in [-0.39, 0.29) is 0 Å². The van der Waals surface area contributed by atoms with Crippen molar-refractivity contribution in [2.24, 2.45) is 5.73 Å². The molecule has 0 aromatic rings. The Hall–Kier alpha value is -3.16. The normalized spacial score (nSPS) is 48.0. The van der Waals surface area contributed by atoms with Gasteiger partial charge >= 0.3 is 0 Å². The Morgan fingerprint density at radius 1 is 0.403 bits per heavy atom. The summed E-state index contributed by atoms with van der Waals surface area (Å²) in [7, 11) is 0. The third-order valence-corrected chi connectivity index (χ3v) is 14.0. The summed E-state index contributed by atoms with van der Waals surface area (Å²) in [6, 6.07) is -8.16. The van der Waals surface area contributed by atoms with Crippen LogP contribution in [0.4, 0.5) is 0 Å². The summed E-state index contributed by atoms with van der Waals surface area (Å²) >= 11 is 0. The van der Waals surface area contributed by atoms with Gasteiger partial charge in [-0.2, -0.15) is 0 Å². The zero-order valence-corrected chi connectivity index (χ0v) is 41.8. The Balaban J connectivity index is 1.10. The summed E-state index contributed by atoms with van der Waals surface area (Å²) in [5, 5.41) is 151. The minimum absolute atomic E-state index is 0.663. The van der Waals surface area contributed by atoms with Crippen LogP contribution in [0.3, 0.4) is 0 Å². The van der Waals surface area contributed by atoms with Crippen LogP contribution in [0.15, 0.2) is 0 Å². The molecule has 7 rings (SSSR count). The molecule has 34 heteroatoms. The molecule has 0 bridgehead atoms. The average molecular weight is 1120 g/mol. The van der Waals surface area contributed by atoms with Gasteiger partial charge in [-0.1, -0.05) is 0 Å². The fraction of sp³-hybridized carbons (Fsp3) is 0.907. The highest BCUT2D eigenvalue weighted by atomic mass is 16.8. The van der Waals surface area contributed by atoms with Gasteiger partial charge in [0.1, 0.15) is 134 Å². The van der Waals surface area contributed by atoms with E-state index in [4.69, 9.17) is 62.6 Å². The van der Waals surface area contributed by atoms with E-state index in [2.05, 4.69) is 21.3 Å². The number of aliphatic hydroxyl groups is 13. The van der Waals surface area contributed by atoms with E-state index in [9.17, 15) is 85.6 Å². The second kappa shape index (κ2) is 26.2. The van der Waals surface area contributed by atoms with Crippen molar-refractivity contribution in [2.45, 2.75) is 212 Å². The van der Waals surface area contributed by atoms with Gasteiger partial charge in [-0.3, -0.25) is 19.2 Å². The number of aliphatic hydroxyl groups excluding tert-OH is 13. The van der Waals surface area contributed by atoms with E-state index in [1.165, 1.54) is 0 Å². The Kier molecular flexibility index (Phi) is 20.9. The number of hydrogen-bond acceptors (Lipinski definition) is 30. The molecule has 7 fully saturated rings. The molecule has 0 radical (unpaired) electrons. The third-order valence-electron chi connectivity index (χ3n) is 14.0. The standard InChI is InChI=1S/C43H71N5O29/c1-10(53)45-20-26(59)35(18(67-37(20)65)9-66-42-31(64)30(63)36-43(76-36)77-42)75-41-23(48-13(4)56)29(62)34(17(8-52)71-41)74-40-22(47-12(3)55)28(61)33(16(7-51)70-40)73-39-21(46-11(2)54)27(60)32(15(6-50)69-39)72-38-19(44)25(58)24(57)14(5-49)68-38/h14-43,49-52,57-65H,5-9,44H2,1-4H3,(H,45,53)(H,46,54)(H,47,55)(H,48,56)/t14?,15?,16?,17?,18?,19?,20?,21?,22?,23?,24-,25?,26?,27?,28?,29?,30?,31?,32-,33-,34-,35-,36+,37-,38+,39+,40+,41+,42-,43?/m1/s1. The number of epoxide rings is 1. The maximum Gasteiger partial charge on any atom is 0.217 e. The van der Waals surface area contributed by atoms with Gasteiger partial charge in [0.25, 0.3) is 0 Å². The first-order valence-corrected chi connectivity index (χ1v) is 24.6. The van der Waals surface area contributed by atoms with Gasteiger partial charge in [0, 0.05) is 27.7 Å². The van der Waals surface area contributed by atoms with E-state index < -0.39 is 241 Å². The van der Waals surface area contributed by atoms with Gasteiger partial charge in [0.15, 0.2) is 44.0 Å². The van der Waals surface area contributed by atoms with E-state index in [1.54, 1.807) is 0 Å². The quantitative estimate of drug-likeness (QED) is 0.0534. The molecule has 0 spiro atoms. The fourth-order valence-corrected chi connectivity index (χ4v) is 10.0. The van der Waals surface area contributed by atoms with Crippen LogP contribution in [0.2, 0.25) is 0 Å². The maximum absolute atomic E-state index is 12.7. The van der Waals surface area contributed by atoms with E-state index in [0.717, 1.165) is 27.7 Å². The zero-order valence-electron chi connectivity index (χ0n) is 41.8. The van der Waals surface area contributed by atoms with Gasteiger partial charge in [-0.15, -0.1) is 0 Å². The van der Waals surface area contributed by atoms with Crippen LogP contribution in [0.5, 0.6) is 0 Å². The van der Waals surface area contributed by atoms with Crippen LogP contribution in [0, 0.1) is 0 Å². The first-order chi connectivity index (χ1) is 36.4. The highest BCUT2D eigenvalue weighted by molar-refractivity contribution is 5.74. The summed E-state index contributed by atoms with van der Waals surface area (Å²) < 4.78 is 69.8. The summed E-state index contributed by atoms with van der Waals surface area (Å²) in [6.45, 7) is -0.194. The van der Waals surface area contributed by atoms with Crippen molar-refractivity contribution in [1.82, 2.24) is 21.3 Å². The van der Waals surface area contributed by atoms with E-state index in [0.29, 0.717) is 0 Å². The fourth-order valence-electron chi connectivity index (χ4n) is 10.0. The number of carbonyl (C=O) groups excluding carboxylic acids is 4. The first kappa shape index (κ1) is 61.5. The zero-order chi connectivity index (χ0) is 56.5. The lowest BCUT2D eigenvalue weighted by Crippen LogP contribution is -2.72. The van der Waals surface area contributed by atoms with Crippen molar-refractivity contribution in [3.63, 3.8) is 0 Å². The van der Waals surface area contributed by atoms with Crippen LogP contribution in [-0.2, 0) is 76.0 Å². The minimum atomic E-state index is -2.01. The topological polar surface area (TPSA) is 519 Å². The number of fused-ring (bicyclic) bond motifs is 1. The number of nitrogens with two attached hydrogens (primary N) is 1. The Bertz CT molecular complexity index is 1990. The summed E-state index contributed by atoms with van der Waals surface area (Å²) in [5.41, 5.74) is 6.03. The molecule has 4 amide bonds. The molecule has 0 saturated carbocycles. The molecule has 0 aliphatic carbocycles. The lowest BCUT2D eigenvalue weighted by molar-refractivity contribution is -0.368. The molecule has 7 aliphatic heterocycles. The largest absolute Gasteiger partial charge is 0.394 e. The van der Waals surface area contributed by atoms with E-state index >= 15 is 0 Å². The van der Waals surface area contributed by atoms with Crippen molar-refractivity contribution < 1.29 is 142 Å². The lowest BCUT2D eigenvalue weighted by Gasteiger charge is -2.51. The summed E-state index contributed by atoms with van der Waals surface area (Å²) in [5.74, 6) is -3.13. The number of amides is 4. The number of hydrogen-bond donors (Lipinski definition) is 18. The van der Waals surface area contributed by atoms with Crippen molar-refractivity contribution >= 4 is 23.6 Å². The minimum Gasteiger partial charge on any atom is -0.394 e. The predicted octanol–water partition coefficient (Wildman–Crippen LogP) is -12.6. The molecule has 77 heavy (non-hydrogen) atoms. The van der Waals surface area contributed by atoms with Gasteiger partial charge in [-0.25, -0.2) is 0 Å². The Morgan fingerprint density at radius 2 is 0.766 bits per heavy atom. The van der Waals surface area contributed by atoms with Crippen LogP contribution in [-0.4, -0.2) is 307 Å². The maximum atomic E-state index is 12.7. The van der Waals surface area contributed by atoms with Crippen LogP contribution >= 0.6 is 0 Å². The second-order valence-corrected chi connectivity index (χ2v) is 19.6. The SMILES string of the molecule is CC(=O)NC1C(O)[C@H](O[C@@H]2OC(CO)[C@@H](O)C(O)C2N)C(CO)O[C@H]1O[C@@H]1C(CO)O[C@@H](O[C@@H]2C(CO)O[C@@H](O[C@@H]3C(CO[C@@H]4OC5O[C@H]5C(O)C4O)O[C@@H](O)C(NC(C)=O)C3O)C(NC(C)=O)C2O)C(NC(C)=O)C1O. The molecule has 7 heterocycles. The van der Waals surface area contributed by atoms with Crippen LogP contribution in [0.1, 0.15) is 27.7 Å². The molecule has 19 N–H and O–H groups in total. The Morgan fingerprint density at radius 3 is 1.17 bits per heavy atom. The smallest absolute Gasteiger partial charge is 0.217 e. The molecule has 0 aromatic heterocycles. The number of nitrogens with one attached hydrogen (secondary N) is 4. The van der Waals surface area contributed by atoms with Crippen LogP contribution in [0.25, 0.3) is 0 Å². The van der Waals surface area contributed by atoms with Gasteiger partial charge < -0.3 is 150 Å². The van der Waals surface area contributed by atoms with Crippen LogP contribution < -0.4 is 27.0 Å². The molecule has 0 aromatic carbocycles. The van der Waals surface area contributed by atoms with Crippen molar-refractivity contribution in [3.8, 4) is 0 Å². The number of carbonyl (C=O) groups is 4. The third kappa shape index (κ3) is 13.6. The molecule has 7 saturated heterocycles. The highest BCUT2D eigenvalue weighted by Gasteiger charge is 2.59. The summed E-state index contributed by atoms with van der Waals surface area (Å²) in [6.07, 6.45) is -41.5. The van der Waals surface area contributed by atoms with Crippen molar-refractivity contribution in [3.05, 3.63) is 0 Å². The molecule has 442 valence electrons. The molecule has 30 atom stereocenters. The Labute approximate surface area is 437 Å². The molecule has 34 nitrogen and oxygen atoms in total. The van der Waals surface area contributed by atoms with Crippen molar-refractivity contribution in [1.29, 1.82) is 0 Å².